The fraction of sp³-hybridized carbons (Fsp3) is 0.455. The van der Waals surface area contributed by atoms with Crippen LogP contribution in [0.2, 0.25) is 0 Å². The fourth-order valence-electron chi connectivity index (χ4n) is 2.01. The van der Waals surface area contributed by atoms with Crippen molar-refractivity contribution in [3.05, 3.63) is 23.2 Å². The van der Waals surface area contributed by atoms with Gasteiger partial charge in [0.25, 0.3) is 10.7 Å². The highest BCUT2D eigenvalue weighted by molar-refractivity contribution is 7.71. The Morgan fingerprint density at radius 2 is 2.18 bits per heavy atom. The number of hydrogen-bond donors (Lipinski definition) is 0. The molecule has 0 aromatic carbocycles. The second kappa shape index (κ2) is 4.46. The minimum absolute atomic E-state index is 0.392. The molecule has 1 aliphatic heterocycles. The quantitative estimate of drug-likeness (QED) is 0.784. The van der Waals surface area contributed by atoms with Crippen LogP contribution in [0.1, 0.15) is 12.8 Å². The van der Waals surface area contributed by atoms with Gasteiger partial charge in [0.1, 0.15) is 0 Å². The third-order valence-corrected chi connectivity index (χ3v) is 3.16. The predicted molar refractivity (Wildman–Crippen MR) is 63.8 cm³/mol. The van der Waals surface area contributed by atoms with Crippen LogP contribution in [0.4, 0.5) is 0 Å². The zero-order valence-electron chi connectivity index (χ0n) is 9.33. The van der Waals surface area contributed by atoms with Crippen molar-refractivity contribution in [1.29, 1.82) is 0 Å². The number of likely N-dealkylation sites (tertiary alicyclic amines) is 1. The maximum atomic E-state index is 5.42. The van der Waals surface area contributed by atoms with E-state index < -0.39 is 0 Å². The molecule has 5 nitrogen and oxygen atoms in total. The average Bonchev–Trinajstić information content (AvgIpc) is 3.02. The molecular weight excluding hydrogens is 238 g/mol. The zero-order chi connectivity index (χ0) is 11.7. The number of rotatable bonds is 3. The molecule has 0 atom stereocenters. The third kappa shape index (κ3) is 2.18. The summed E-state index contributed by atoms with van der Waals surface area (Å²) in [7, 11) is 0. The van der Waals surface area contributed by atoms with E-state index in [2.05, 4.69) is 10.00 Å². The summed E-state index contributed by atoms with van der Waals surface area (Å²) in [6, 6.07) is 3.61. The highest BCUT2D eigenvalue weighted by atomic mass is 32.1. The van der Waals surface area contributed by atoms with Crippen molar-refractivity contribution in [3.8, 4) is 11.7 Å². The Morgan fingerprint density at radius 1 is 1.35 bits per heavy atom. The lowest BCUT2D eigenvalue weighted by atomic mass is 10.4. The maximum Gasteiger partial charge on any atom is 0.288 e. The van der Waals surface area contributed by atoms with Crippen molar-refractivity contribution in [2.75, 3.05) is 13.1 Å². The molecule has 0 spiro atoms. The summed E-state index contributed by atoms with van der Waals surface area (Å²) in [5.74, 6) is 1.05. The molecule has 3 heterocycles. The molecule has 2 aromatic heterocycles. The van der Waals surface area contributed by atoms with Gasteiger partial charge in [-0.15, -0.1) is 5.10 Å². The molecule has 17 heavy (non-hydrogen) atoms. The van der Waals surface area contributed by atoms with Gasteiger partial charge in [-0.2, -0.15) is 0 Å². The molecule has 6 heteroatoms. The van der Waals surface area contributed by atoms with Crippen LogP contribution < -0.4 is 0 Å². The molecule has 0 bridgehead atoms. The Labute approximate surface area is 104 Å². The van der Waals surface area contributed by atoms with Crippen LogP contribution in [0, 0.1) is 4.84 Å². The molecule has 2 aromatic rings. The van der Waals surface area contributed by atoms with Crippen molar-refractivity contribution < 1.29 is 8.83 Å². The van der Waals surface area contributed by atoms with Crippen molar-refractivity contribution in [2.24, 2.45) is 0 Å². The largest absolute Gasteiger partial charge is 0.459 e. The Balaban J connectivity index is 1.83. The first-order chi connectivity index (χ1) is 8.33. The molecule has 90 valence electrons. The Morgan fingerprint density at radius 3 is 2.88 bits per heavy atom. The van der Waals surface area contributed by atoms with E-state index in [4.69, 9.17) is 21.1 Å². The van der Waals surface area contributed by atoms with E-state index >= 15 is 0 Å². The van der Waals surface area contributed by atoms with E-state index in [9.17, 15) is 0 Å². The topological polar surface area (TPSA) is 47.3 Å². The van der Waals surface area contributed by atoms with E-state index in [1.54, 1.807) is 23.1 Å². The summed E-state index contributed by atoms with van der Waals surface area (Å²) in [4.78, 5) is 2.70. The van der Waals surface area contributed by atoms with Gasteiger partial charge in [-0.05, 0) is 50.3 Å². The highest BCUT2D eigenvalue weighted by Gasteiger charge is 2.15. The molecule has 1 saturated heterocycles. The molecule has 0 amide bonds. The van der Waals surface area contributed by atoms with Gasteiger partial charge in [0.15, 0.2) is 5.76 Å². The van der Waals surface area contributed by atoms with E-state index in [0.29, 0.717) is 23.2 Å². The van der Waals surface area contributed by atoms with Gasteiger partial charge < -0.3 is 8.83 Å². The van der Waals surface area contributed by atoms with E-state index in [1.807, 2.05) is 0 Å². The van der Waals surface area contributed by atoms with Crippen LogP contribution in [0.5, 0.6) is 0 Å². The standard InChI is InChI=1S/C11H13N3O2S/c17-11-14(8-13-5-1-2-6-13)12-10(16-11)9-4-3-7-15-9/h3-4,7H,1-2,5-6,8H2. The lowest BCUT2D eigenvalue weighted by Crippen LogP contribution is -2.23. The number of hydrogen-bond acceptors (Lipinski definition) is 5. The van der Waals surface area contributed by atoms with Crippen molar-refractivity contribution >= 4 is 12.2 Å². The monoisotopic (exact) mass is 251 g/mol. The summed E-state index contributed by atoms with van der Waals surface area (Å²) in [6.07, 6.45) is 4.08. The van der Waals surface area contributed by atoms with Gasteiger partial charge in [0.05, 0.1) is 12.9 Å². The number of furan rings is 1. The van der Waals surface area contributed by atoms with Gasteiger partial charge >= 0.3 is 0 Å². The normalized spacial score (nSPS) is 16.7. The van der Waals surface area contributed by atoms with Crippen LogP contribution in [0.25, 0.3) is 11.7 Å². The van der Waals surface area contributed by atoms with Crippen LogP contribution in [-0.2, 0) is 6.67 Å². The number of aromatic nitrogens is 2. The first kappa shape index (κ1) is 10.7. The van der Waals surface area contributed by atoms with E-state index in [1.165, 1.54) is 12.8 Å². The smallest absolute Gasteiger partial charge is 0.288 e. The van der Waals surface area contributed by atoms with Gasteiger partial charge in [-0.3, -0.25) is 4.90 Å². The van der Waals surface area contributed by atoms with Gasteiger partial charge in [-0.25, -0.2) is 4.68 Å². The van der Waals surface area contributed by atoms with Gasteiger partial charge in [0, 0.05) is 0 Å². The average molecular weight is 251 g/mol. The second-order valence-electron chi connectivity index (χ2n) is 4.12. The lowest BCUT2D eigenvalue weighted by Gasteiger charge is -2.12. The van der Waals surface area contributed by atoms with Crippen molar-refractivity contribution in [2.45, 2.75) is 19.5 Å². The van der Waals surface area contributed by atoms with Crippen LogP contribution in [-0.4, -0.2) is 27.8 Å². The molecule has 0 unspecified atom stereocenters. The Kier molecular flexibility index (Phi) is 2.82. The first-order valence-corrected chi connectivity index (χ1v) is 6.08. The minimum atomic E-state index is 0.392. The van der Waals surface area contributed by atoms with Crippen molar-refractivity contribution in [3.63, 3.8) is 0 Å². The predicted octanol–water partition coefficient (Wildman–Crippen LogP) is 2.52. The van der Waals surface area contributed by atoms with Crippen LogP contribution in [0.3, 0.4) is 0 Å². The summed E-state index contributed by atoms with van der Waals surface area (Å²) in [6.45, 7) is 2.90. The van der Waals surface area contributed by atoms with Gasteiger partial charge in [0.2, 0.25) is 0 Å². The van der Waals surface area contributed by atoms with Crippen LogP contribution in [0.15, 0.2) is 27.2 Å². The molecule has 0 N–H and O–H groups in total. The molecule has 1 aliphatic rings. The second-order valence-corrected chi connectivity index (χ2v) is 4.47. The molecule has 0 aliphatic carbocycles. The molecule has 3 rings (SSSR count). The van der Waals surface area contributed by atoms with Gasteiger partial charge in [-0.1, -0.05) is 0 Å². The van der Waals surface area contributed by atoms with Crippen LogP contribution >= 0.6 is 12.2 Å². The molecule has 0 saturated carbocycles. The summed E-state index contributed by atoms with van der Waals surface area (Å²) in [5, 5.41) is 4.33. The SMILES string of the molecule is S=c1oc(-c2ccco2)nn1CN1CCCC1. The summed E-state index contributed by atoms with van der Waals surface area (Å²) < 4.78 is 12.4. The Bertz CT molecular complexity index is 537. The maximum absolute atomic E-state index is 5.42. The number of nitrogens with zero attached hydrogens (tertiary/aromatic N) is 3. The highest BCUT2D eigenvalue weighted by Crippen LogP contribution is 2.18. The Hall–Kier alpha value is -1.40. The third-order valence-electron chi connectivity index (χ3n) is 2.87. The first-order valence-electron chi connectivity index (χ1n) is 5.67. The summed E-state index contributed by atoms with van der Waals surface area (Å²) in [5.41, 5.74) is 0. The molecule has 0 radical (unpaired) electrons. The minimum Gasteiger partial charge on any atom is -0.459 e. The van der Waals surface area contributed by atoms with E-state index in [0.717, 1.165) is 13.1 Å². The van der Waals surface area contributed by atoms with Crippen molar-refractivity contribution in [1.82, 2.24) is 14.7 Å². The van der Waals surface area contributed by atoms with E-state index in [-0.39, 0.29) is 0 Å². The fourth-order valence-corrected chi connectivity index (χ4v) is 2.19. The molecular formula is C11H13N3O2S. The molecule has 1 fully saturated rings. The zero-order valence-corrected chi connectivity index (χ0v) is 10.2. The summed E-state index contributed by atoms with van der Waals surface area (Å²) >= 11 is 5.15. The lowest BCUT2D eigenvalue weighted by molar-refractivity contribution is 0.249.